The van der Waals surface area contributed by atoms with Crippen molar-refractivity contribution in [2.75, 3.05) is 0 Å². The minimum absolute atomic E-state index is 0.101. The van der Waals surface area contributed by atoms with E-state index in [1.54, 1.807) is 178 Å². The van der Waals surface area contributed by atoms with Crippen molar-refractivity contribution in [1.29, 1.82) is 0 Å². The maximum absolute atomic E-state index is 17.5. The Balaban J connectivity index is 1.19. The maximum Gasteiger partial charge on any atom is 0.200 e. The highest BCUT2D eigenvalue weighted by molar-refractivity contribution is 6.36. The number of nitrogens with one attached hydrogen (secondary N) is 3. The molecule has 6 aromatic carbocycles. The summed E-state index contributed by atoms with van der Waals surface area (Å²) in [5.74, 6) is -33.8. The molecule has 16 rings (SSSR count). The summed E-state index contributed by atoms with van der Waals surface area (Å²) in [5, 5.41) is 2.19. The van der Waals surface area contributed by atoms with Gasteiger partial charge in [0.05, 0.1) is 115 Å². The number of H-pyrrole nitrogens is 3. The summed E-state index contributed by atoms with van der Waals surface area (Å²) in [4.78, 5) is 25.8. The van der Waals surface area contributed by atoms with Crippen LogP contribution in [0.3, 0.4) is 0 Å². The number of benzene rings is 6. The first-order valence-electron chi connectivity index (χ1n) is 38.7. The normalized spacial score (nSPS) is 14.1. The largest absolute Gasteiger partial charge is 0.353 e. The Morgan fingerprint density at radius 1 is 0.256 bits per heavy atom. The average molecular weight is 1600 g/mol. The third-order valence-electron chi connectivity index (χ3n) is 21.5. The Bertz CT molecular complexity index is 6370. The van der Waals surface area contributed by atoms with E-state index in [1.807, 2.05) is 41.5 Å². The molecule has 24 heteroatoms. The fraction of sp³-hybridized carbons (Fsp3) is 0.194. The summed E-state index contributed by atoms with van der Waals surface area (Å²) in [6.07, 6.45) is 7.70. The standard InChI is InChI=1S/C93H72F15N9/c1-7-22-46-40-55-61-34-35-62(115(61)52-28-16-13-17-29-52)57-42-48(24-9-3)90(111-57)71(68-75(96)81(102)86(107)82(103)76(68)97)91-50(26-11-5)44-59(113-91)65-38-39-66(117(65)54-32-20-15-21-33-54)60-45-51(27-12-6)93(114-60)72(69-77(98)83(104)87(108)84(105)78(69)99)92-49(25-10-4)43-58(112-92)64-37-36-63(116(64)53-30-18-14-19-31-53)56-41-47(23-8-2)89(110-56)70(88(46)109-55)67-73(94)79(100)85(106)80(101)74(67)95/h13-21,28-45,109,112-113H,7-12,22-27H2,1-6H3. The number of aromatic amines is 3. The number of halogens is 15. The third kappa shape index (κ3) is 13.1. The molecule has 0 amide bonds. The van der Waals surface area contributed by atoms with Crippen LogP contribution in [0.1, 0.15) is 133 Å². The van der Waals surface area contributed by atoms with E-state index in [1.165, 1.54) is 0 Å². The van der Waals surface area contributed by atoms with Crippen molar-refractivity contribution in [3.63, 3.8) is 0 Å². The lowest BCUT2D eigenvalue weighted by Gasteiger charge is -2.15. The molecular formula is C93H72F15N9. The van der Waals surface area contributed by atoms with E-state index < -0.39 is 121 Å². The topological polar surface area (TPSA) is 99.2 Å². The molecule has 9 nitrogen and oxygen atoms in total. The Kier molecular flexibility index (Phi) is 21.1. The average Bonchev–Trinajstić information content (AvgIpc) is 1.61. The van der Waals surface area contributed by atoms with Gasteiger partial charge in [-0.25, -0.2) is 80.8 Å². The molecule has 4 aliphatic heterocycles. The number of para-hydroxylation sites is 3. The van der Waals surface area contributed by atoms with E-state index in [2.05, 4.69) is 15.0 Å². The lowest BCUT2D eigenvalue weighted by atomic mass is 9.91. The predicted molar refractivity (Wildman–Crippen MR) is 420 cm³/mol. The van der Waals surface area contributed by atoms with Crippen LogP contribution in [0, 0.1) is 119 Å². The molecule has 3 N–H and O–H groups in total. The van der Waals surface area contributed by atoms with E-state index >= 15 is 65.9 Å². The minimum atomic E-state index is -2.42. The molecule has 117 heavy (non-hydrogen) atoms. The molecule has 6 aromatic heterocycles. The molecule has 18 bridgehead atoms. The number of fused-ring (bicyclic) bond motifs is 15. The summed E-state index contributed by atoms with van der Waals surface area (Å²) < 4.78 is 255. The molecule has 10 heterocycles. The van der Waals surface area contributed by atoms with E-state index in [9.17, 15) is 0 Å². The van der Waals surface area contributed by atoms with Crippen LogP contribution in [-0.4, -0.2) is 45.8 Å². The quantitative estimate of drug-likeness (QED) is 0.0433. The number of nitrogens with zero attached hydrogens (tertiary/aromatic N) is 6. The molecule has 0 spiro atoms. The van der Waals surface area contributed by atoms with Crippen LogP contribution in [0.15, 0.2) is 196 Å². The zero-order valence-electron chi connectivity index (χ0n) is 63.9. The van der Waals surface area contributed by atoms with Gasteiger partial charge in [-0.05, 0) is 181 Å². The number of aliphatic imine (C=N–C) groups is 3. The van der Waals surface area contributed by atoms with Crippen LogP contribution in [0.4, 0.5) is 65.9 Å². The van der Waals surface area contributed by atoms with Crippen molar-refractivity contribution >= 4 is 50.9 Å². The number of hydrogen-bond donors (Lipinski definition) is 3. The van der Waals surface area contributed by atoms with E-state index in [0.29, 0.717) is 105 Å². The number of aryl methyl sites for hydroxylation is 3. The third-order valence-corrected chi connectivity index (χ3v) is 21.5. The molecular weight excluding hydrogens is 1530 g/mol. The van der Waals surface area contributed by atoms with E-state index in [-0.39, 0.29) is 121 Å². The Hall–Kier alpha value is -12.6. The fourth-order valence-electron chi connectivity index (χ4n) is 16.4. The first-order chi connectivity index (χ1) is 56.5. The second kappa shape index (κ2) is 31.5. The van der Waals surface area contributed by atoms with Crippen molar-refractivity contribution in [3.8, 4) is 17.1 Å². The van der Waals surface area contributed by atoms with Crippen LogP contribution in [0.25, 0.3) is 50.9 Å². The number of aromatic nitrogens is 6. The second-order valence-corrected chi connectivity index (χ2v) is 29.1. The van der Waals surface area contributed by atoms with Crippen molar-refractivity contribution in [1.82, 2.24) is 28.7 Å². The fourth-order valence-corrected chi connectivity index (χ4v) is 16.4. The van der Waals surface area contributed by atoms with E-state index in [0.717, 1.165) is 0 Å². The lowest BCUT2D eigenvalue weighted by molar-refractivity contribution is 0.376. The zero-order valence-corrected chi connectivity index (χ0v) is 63.9. The summed E-state index contributed by atoms with van der Waals surface area (Å²) in [5.41, 5.74) is -2.43. The number of allylic oxidation sites excluding steroid dienone is 3. The van der Waals surface area contributed by atoms with Crippen molar-refractivity contribution in [2.45, 2.75) is 119 Å². The van der Waals surface area contributed by atoms with Crippen LogP contribution < -0.4 is 32.1 Å². The lowest BCUT2D eigenvalue weighted by Crippen LogP contribution is -2.24. The predicted octanol–water partition coefficient (Wildman–Crippen LogP) is 18.7. The van der Waals surface area contributed by atoms with Crippen LogP contribution in [0.2, 0.25) is 0 Å². The molecule has 0 saturated heterocycles. The summed E-state index contributed by atoms with van der Waals surface area (Å²) >= 11 is 0. The Labute approximate surface area is 658 Å². The van der Waals surface area contributed by atoms with Crippen LogP contribution in [-0.2, 0) is 19.3 Å². The van der Waals surface area contributed by atoms with E-state index in [4.69, 9.17) is 15.0 Å². The van der Waals surface area contributed by atoms with Crippen molar-refractivity contribution < 1.29 is 65.9 Å². The van der Waals surface area contributed by atoms with Gasteiger partial charge in [-0.15, -0.1) is 0 Å². The highest BCUT2D eigenvalue weighted by Gasteiger charge is 2.38. The smallest absolute Gasteiger partial charge is 0.200 e. The minimum Gasteiger partial charge on any atom is -0.353 e. The highest BCUT2D eigenvalue weighted by Crippen LogP contribution is 2.39. The first kappa shape index (κ1) is 78.3. The van der Waals surface area contributed by atoms with Gasteiger partial charge >= 0.3 is 0 Å². The van der Waals surface area contributed by atoms with Gasteiger partial charge in [0.1, 0.15) is 0 Å². The molecule has 4 aliphatic rings. The Morgan fingerprint density at radius 3 is 0.692 bits per heavy atom. The molecule has 0 unspecified atom stereocenters. The second-order valence-electron chi connectivity index (χ2n) is 29.1. The van der Waals surface area contributed by atoms with Crippen LogP contribution in [0.5, 0.6) is 0 Å². The Morgan fingerprint density at radius 2 is 0.470 bits per heavy atom. The van der Waals surface area contributed by atoms with Gasteiger partial charge in [-0.1, -0.05) is 135 Å². The SMILES string of the molecule is CCCC1=CC2=c3ccc(n3-c3ccccc3)=c3cc(CCC)c([nH]3)=C(c3c(F)c(F)c(F)c(F)c3F)C3=NC(=c4ccc(n4-c4ccccc4)=c4cc(CCC)c([nH]4)=C(c4c(F)c(F)c(F)c(F)c4F)C4=NC(=c5ccc(n5-c5ccccc5)=c5cc(CCC)c([nH]5)=C(c5c(F)c(F)c(F)c(F)c5F)C1=N2)C=C4CCC)C=C3CCC. The van der Waals surface area contributed by atoms with Crippen molar-refractivity contribution in [2.24, 2.45) is 15.0 Å². The molecule has 0 aliphatic carbocycles. The summed E-state index contributed by atoms with van der Waals surface area (Å²) in [6.45, 7) is 10.9. The number of hydrogen-bond acceptors (Lipinski definition) is 3. The van der Waals surface area contributed by atoms with Gasteiger partial charge in [0.25, 0.3) is 0 Å². The molecule has 594 valence electrons. The molecule has 0 saturated carbocycles. The first-order valence-corrected chi connectivity index (χ1v) is 38.7. The van der Waals surface area contributed by atoms with Gasteiger partial charge in [0, 0.05) is 33.8 Å². The highest BCUT2D eigenvalue weighted by atomic mass is 19.2. The van der Waals surface area contributed by atoms with Crippen molar-refractivity contribution in [3.05, 3.63) is 365 Å². The van der Waals surface area contributed by atoms with Gasteiger partial charge in [0.2, 0.25) is 17.5 Å². The summed E-state index contributed by atoms with van der Waals surface area (Å²) in [7, 11) is 0. The molecule has 0 atom stereocenters. The van der Waals surface area contributed by atoms with Gasteiger partial charge in [-0.3, -0.25) is 0 Å². The van der Waals surface area contributed by atoms with Crippen LogP contribution >= 0.6 is 0 Å². The maximum atomic E-state index is 17.5. The van der Waals surface area contributed by atoms with Gasteiger partial charge in [-0.2, -0.15) is 0 Å². The summed E-state index contributed by atoms with van der Waals surface area (Å²) in [6, 6.07) is 41.4. The monoisotopic (exact) mass is 1600 g/mol. The molecule has 0 radical (unpaired) electrons. The van der Waals surface area contributed by atoms with Gasteiger partial charge in [0.15, 0.2) is 69.8 Å². The molecule has 0 fully saturated rings. The number of rotatable bonds is 18. The zero-order chi connectivity index (χ0) is 82.3. The van der Waals surface area contributed by atoms with Gasteiger partial charge < -0.3 is 28.7 Å². The molecule has 12 aromatic rings.